The average Bonchev–Trinajstić information content (AvgIpc) is 2.39. The van der Waals surface area contributed by atoms with Gasteiger partial charge in [0.05, 0.1) is 4.92 Å². The molecule has 5 nitrogen and oxygen atoms in total. The monoisotopic (exact) mass is 277 g/mol. The van der Waals surface area contributed by atoms with Gasteiger partial charge in [0.2, 0.25) is 5.82 Å². The highest BCUT2D eigenvalue weighted by Gasteiger charge is 2.16. The standard InChI is InChI=1S/C13H12ClN3O2/c1-2-9-5-3-4-6-10(9)15-13-11(17(18)19)7-8-12(14)16-13/h3-8H,2H2,1H3,(H,15,16). The van der Waals surface area contributed by atoms with E-state index in [0.29, 0.717) is 0 Å². The molecular formula is C13H12ClN3O2. The van der Waals surface area contributed by atoms with Crippen LogP contribution in [0.2, 0.25) is 5.15 Å². The van der Waals surface area contributed by atoms with E-state index in [0.717, 1.165) is 17.7 Å². The average molecular weight is 278 g/mol. The van der Waals surface area contributed by atoms with Gasteiger partial charge in [-0.3, -0.25) is 10.1 Å². The van der Waals surface area contributed by atoms with Crippen molar-refractivity contribution < 1.29 is 4.92 Å². The molecule has 0 bridgehead atoms. The second-order valence-electron chi connectivity index (χ2n) is 3.89. The van der Waals surface area contributed by atoms with E-state index in [9.17, 15) is 10.1 Å². The van der Waals surface area contributed by atoms with Gasteiger partial charge in [0.15, 0.2) is 0 Å². The number of para-hydroxylation sites is 1. The molecule has 0 unspecified atom stereocenters. The van der Waals surface area contributed by atoms with Gasteiger partial charge in [0, 0.05) is 11.8 Å². The molecule has 0 saturated carbocycles. The molecule has 1 heterocycles. The molecule has 2 aromatic rings. The summed E-state index contributed by atoms with van der Waals surface area (Å²) in [6.45, 7) is 2.01. The zero-order valence-electron chi connectivity index (χ0n) is 10.3. The minimum Gasteiger partial charge on any atom is -0.334 e. The fourth-order valence-corrected chi connectivity index (χ4v) is 1.89. The van der Waals surface area contributed by atoms with Crippen molar-refractivity contribution >= 4 is 28.8 Å². The van der Waals surface area contributed by atoms with Gasteiger partial charge in [-0.25, -0.2) is 4.98 Å². The van der Waals surface area contributed by atoms with Crippen LogP contribution in [0.3, 0.4) is 0 Å². The van der Waals surface area contributed by atoms with Crippen molar-refractivity contribution in [1.82, 2.24) is 4.98 Å². The van der Waals surface area contributed by atoms with Crippen LogP contribution in [0.5, 0.6) is 0 Å². The van der Waals surface area contributed by atoms with Crippen LogP contribution in [0.25, 0.3) is 0 Å². The van der Waals surface area contributed by atoms with Crippen LogP contribution in [0.4, 0.5) is 17.2 Å². The number of hydrogen-bond donors (Lipinski definition) is 1. The summed E-state index contributed by atoms with van der Waals surface area (Å²) in [6.07, 6.45) is 0.817. The van der Waals surface area contributed by atoms with Crippen molar-refractivity contribution in [1.29, 1.82) is 0 Å². The molecule has 0 amide bonds. The third-order valence-corrected chi connectivity index (χ3v) is 2.90. The molecule has 0 aliphatic heterocycles. The van der Waals surface area contributed by atoms with Crippen LogP contribution < -0.4 is 5.32 Å². The largest absolute Gasteiger partial charge is 0.334 e. The van der Waals surface area contributed by atoms with Gasteiger partial charge in [0.25, 0.3) is 0 Å². The van der Waals surface area contributed by atoms with E-state index < -0.39 is 4.92 Å². The number of nitrogens with one attached hydrogen (secondary N) is 1. The van der Waals surface area contributed by atoms with Crippen molar-refractivity contribution in [2.45, 2.75) is 13.3 Å². The lowest BCUT2D eigenvalue weighted by Crippen LogP contribution is -2.01. The molecule has 0 aliphatic carbocycles. The zero-order chi connectivity index (χ0) is 13.8. The molecule has 0 aliphatic rings. The van der Waals surface area contributed by atoms with Gasteiger partial charge in [0.1, 0.15) is 5.15 Å². The summed E-state index contributed by atoms with van der Waals surface area (Å²) in [4.78, 5) is 14.5. The van der Waals surface area contributed by atoms with Crippen molar-refractivity contribution in [3.8, 4) is 0 Å². The number of halogens is 1. The van der Waals surface area contributed by atoms with Crippen molar-refractivity contribution in [3.63, 3.8) is 0 Å². The number of benzene rings is 1. The molecule has 1 aromatic heterocycles. The molecule has 98 valence electrons. The minimum absolute atomic E-state index is 0.102. The van der Waals surface area contributed by atoms with Gasteiger partial charge in [-0.05, 0) is 24.1 Å². The Morgan fingerprint density at radius 1 is 1.32 bits per heavy atom. The first kappa shape index (κ1) is 13.3. The maximum atomic E-state index is 11.0. The van der Waals surface area contributed by atoms with E-state index in [1.165, 1.54) is 12.1 Å². The molecule has 19 heavy (non-hydrogen) atoms. The van der Waals surface area contributed by atoms with Crippen LogP contribution in [-0.2, 0) is 6.42 Å². The number of rotatable bonds is 4. The summed E-state index contributed by atoms with van der Waals surface area (Å²) in [5.74, 6) is 0.151. The van der Waals surface area contributed by atoms with Gasteiger partial charge >= 0.3 is 5.69 Å². The Bertz CT molecular complexity index is 617. The highest BCUT2D eigenvalue weighted by Crippen LogP contribution is 2.28. The lowest BCUT2D eigenvalue weighted by Gasteiger charge is -2.10. The second kappa shape index (κ2) is 5.67. The van der Waals surface area contributed by atoms with Gasteiger partial charge in [-0.15, -0.1) is 0 Å². The number of nitro groups is 1. The third kappa shape index (κ3) is 3.00. The van der Waals surface area contributed by atoms with Crippen LogP contribution >= 0.6 is 11.6 Å². The number of aryl methyl sites for hydroxylation is 1. The van der Waals surface area contributed by atoms with Gasteiger partial charge in [-0.1, -0.05) is 36.7 Å². The fraction of sp³-hybridized carbons (Fsp3) is 0.154. The Hall–Kier alpha value is -2.14. The molecule has 6 heteroatoms. The second-order valence-corrected chi connectivity index (χ2v) is 4.28. The summed E-state index contributed by atoms with van der Waals surface area (Å²) >= 11 is 5.79. The SMILES string of the molecule is CCc1ccccc1Nc1nc(Cl)ccc1[N+](=O)[O-]. The predicted octanol–water partition coefficient (Wildman–Crippen LogP) is 3.95. The first-order chi connectivity index (χ1) is 9.11. The lowest BCUT2D eigenvalue weighted by molar-refractivity contribution is -0.384. The Balaban J connectivity index is 2.42. The summed E-state index contributed by atoms with van der Waals surface area (Å²) in [6, 6.07) is 10.3. The Kier molecular flexibility index (Phi) is 3.97. The van der Waals surface area contributed by atoms with E-state index >= 15 is 0 Å². The summed E-state index contributed by atoms with van der Waals surface area (Å²) in [5.41, 5.74) is 1.75. The summed E-state index contributed by atoms with van der Waals surface area (Å²) in [7, 11) is 0. The normalized spacial score (nSPS) is 10.2. The van der Waals surface area contributed by atoms with E-state index in [1.54, 1.807) is 0 Å². The van der Waals surface area contributed by atoms with Crippen LogP contribution in [0, 0.1) is 10.1 Å². The van der Waals surface area contributed by atoms with Gasteiger partial charge < -0.3 is 5.32 Å². The minimum atomic E-state index is -0.486. The van der Waals surface area contributed by atoms with E-state index in [2.05, 4.69) is 10.3 Å². The first-order valence-corrected chi connectivity index (χ1v) is 6.15. The number of nitrogens with zero attached hydrogens (tertiary/aromatic N) is 2. The van der Waals surface area contributed by atoms with Crippen LogP contribution in [0.15, 0.2) is 36.4 Å². The van der Waals surface area contributed by atoms with Crippen molar-refractivity contribution in [2.75, 3.05) is 5.32 Å². The predicted molar refractivity (Wildman–Crippen MR) is 75.0 cm³/mol. The van der Waals surface area contributed by atoms with E-state index in [4.69, 9.17) is 11.6 Å². The molecule has 0 atom stereocenters. The van der Waals surface area contributed by atoms with Gasteiger partial charge in [-0.2, -0.15) is 0 Å². The Morgan fingerprint density at radius 2 is 2.05 bits per heavy atom. The maximum Gasteiger partial charge on any atom is 0.311 e. The number of hydrogen-bond acceptors (Lipinski definition) is 4. The fourth-order valence-electron chi connectivity index (χ4n) is 1.75. The summed E-state index contributed by atoms with van der Waals surface area (Å²) < 4.78 is 0. The van der Waals surface area contributed by atoms with Crippen molar-refractivity contribution in [2.24, 2.45) is 0 Å². The highest BCUT2D eigenvalue weighted by atomic mass is 35.5. The molecule has 1 aromatic carbocycles. The lowest BCUT2D eigenvalue weighted by atomic mass is 10.1. The molecule has 0 radical (unpaired) electrons. The quantitative estimate of drug-likeness (QED) is 0.522. The van der Waals surface area contributed by atoms with Crippen LogP contribution in [-0.4, -0.2) is 9.91 Å². The Labute approximate surface area is 115 Å². The molecule has 0 spiro atoms. The van der Waals surface area contributed by atoms with E-state index in [-0.39, 0.29) is 16.7 Å². The smallest absolute Gasteiger partial charge is 0.311 e. The first-order valence-electron chi connectivity index (χ1n) is 5.77. The molecule has 0 fully saturated rings. The third-order valence-electron chi connectivity index (χ3n) is 2.69. The number of anilines is 2. The van der Waals surface area contributed by atoms with E-state index in [1.807, 2.05) is 31.2 Å². The topological polar surface area (TPSA) is 68.1 Å². The van der Waals surface area contributed by atoms with Crippen molar-refractivity contribution in [3.05, 3.63) is 57.2 Å². The summed E-state index contributed by atoms with van der Waals surface area (Å²) in [5, 5.41) is 14.1. The number of aromatic nitrogens is 1. The molecule has 2 rings (SSSR count). The van der Waals surface area contributed by atoms with Crippen LogP contribution in [0.1, 0.15) is 12.5 Å². The molecular weight excluding hydrogens is 266 g/mol. The Morgan fingerprint density at radius 3 is 2.74 bits per heavy atom. The maximum absolute atomic E-state index is 11.0. The highest BCUT2D eigenvalue weighted by molar-refractivity contribution is 6.29. The molecule has 1 N–H and O–H groups in total. The molecule has 0 saturated heterocycles. The zero-order valence-corrected chi connectivity index (χ0v) is 11.0. The number of pyridine rings is 1.